The lowest BCUT2D eigenvalue weighted by molar-refractivity contribution is -0.115. The van der Waals surface area contributed by atoms with E-state index >= 15 is 0 Å². The molecule has 2 aromatic carbocycles. The van der Waals surface area contributed by atoms with Gasteiger partial charge >= 0.3 is 0 Å². The van der Waals surface area contributed by atoms with Gasteiger partial charge in [-0.05, 0) is 49.6 Å². The van der Waals surface area contributed by atoms with Crippen LogP contribution in [0.1, 0.15) is 36.6 Å². The van der Waals surface area contributed by atoms with E-state index in [1.165, 1.54) is 18.4 Å². The van der Waals surface area contributed by atoms with Gasteiger partial charge in [-0.15, -0.1) is 0 Å². The van der Waals surface area contributed by atoms with Crippen molar-refractivity contribution < 1.29 is 9.32 Å². The predicted octanol–water partition coefficient (Wildman–Crippen LogP) is 4.66. The molecule has 1 amide bonds. The average molecular weight is 322 g/mol. The molecule has 4 heteroatoms. The fourth-order valence-electron chi connectivity index (χ4n) is 2.72. The summed E-state index contributed by atoms with van der Waals surface area (Å²) in [7, 11) is 0. The molecule has 0 unspecified atom stereocenters. The third kappa shape index (κ3) is 3.82. The van der Waals surface area contributed by atoms with Gasteiger partial charge in [-0.25, -0.2) is 0 Å². The molecule has 0 bridgehead atoms. The van der Waals surface area contributed by atoms with E-state index in [1.54, 1.807) is 0 Å². The molecule has 3 rings (SSSR count). The van der Waals surface area contributed by atoms with E-state index in [2.05, 4.69) is 29.5 Å². The zero-order valence-electron chi connectivity index (χ0n) is 14.1. The maximum Gasteiger partial charge on any atom is 0.230 e. The van der Waals surface area contributed by atoms with Crippen molar-refractivity contribution in [3.05, 3.63) is 59.3 Å². The number of rotatable bonds is 6. The first-order valence-electron chi connectivity index (χ1n) is 8.39. The number of anilines is 1. The molecule has 0 fully saturated rings. The minimum Gasteiger partial charge on any atom is -0.356 e. The highest BCUT2D eigenvalue weighted by Gasteiger charge is 2.12. The number of unbranched alkanes of at least 4 members (excludes halogenated alkanes) is 1. The highest BCUT2D eigenvalue weighted by molar-refractivity contribution is 5.94. The Balaban J connectivity index is 1.65. The van der Waals surface area contributed by atoms with E-state index < -0.39 is 0 Å². The first-order valence-corrected chi connectivity index (χ1v) is 8.39. The molecule has 3 aromatic rings. The number of fused-ring (bicyclic) bond motifs is 1. The molecule has 124 valence electrons. The Bertz CT molecular complexity index is 834. The van der Waals surface area contributed by atoms with Gasteiger partial charge in [0.25, 0.3) is 0 Å². The van der Waals surface area contributed by atoms with Gasteiger partial charge < -0.3 is 9.84 Å². The van der Waals surface area contributed by atoms with Gasteiger partial charge in [0.15, 0.2) is 5.58 Å². The van der Waals surface area contributed by atoms with Gasteiger partial charge in [-0.2, -0.15) is 0 Å². The molecule has 24 heavy (non-hydrogen) atoms. The van der Waals surface area contributed by atoms with E-state index in [0.29, 0.717) is 11.3 Å². The number of aryl methyl sites for hydroxylation is 2. The summed E-state index contributed by atoms with van der Waals surface area (Å²) < 4.78 is 5.28. The first-order chi connectivity index (χ1) is 11.7. The van der Waals surface area contributed by atoms with E-state index in [1.807, 2.05) is 37.3 Å². The van der Waals surface area contributed by atoms with Crippen LogP contribution in [0.15, 0.2) is 47.0 Å². The number of carbonyl (C=O) groups excluding carboxylic acids is 1. The number of carbonyl (C=O) groups is 1. The molecule has 0 spiro atoms. The summed E-state index contributed by atoms with van der Waals surface area (Å²) in [6.07, 6.45) is 3.65. The quantitative estimate of drug-likeness (QED) is 0.718. The summed E-state index contributed by atoms with van der Waals surface area (Å²) >= 11 is 0. The van der Waals surface area contributed by atoms with Crippen molar-refractivity contribution in [1.29, 1.82) is 0 Å². The Morgan fingerprint density at radius 3 is 2.71 bits per heavy atom. The Morgan fingerprint density at radius 2 is 1.96 bits per heavy atom. The van der Waals surface area contributed by atoms with Crippen molar-refractivity contribution in [2.45, 2.75) is 39.5 Å². The Hall–Kier alpha value is -2.62. The van der Waals surface area contributed by atoms with E-state index in [0.717, 1.165) is 23.1 Å². The molecule has 0 atom stereocenters. The van der Waals surface area contributed by atoms with Crippen LogP contribution in [0.25, 0.3) is 11.0 Å². The molecule has 0 saturated carbocycles. The predicted molar refractivity (Wildman–Crippen MR) is 96.1 cm³/mol. The number of aromatic nitrogens is 1. The number of nitrogens with one attached hydrogen (secondary N) is 1. The van der Waals surface area contributed by atoms with Gasteiger partial charge in [-0.3, -0.25) is 4.79 Å². The Morgan fingerprint density at radius 1 is 1.17 bits per heavy atom. The minimum atomic E-state index is -0.0898. The molecule has 0 saturated heterocycles. The summed E-state index contributed by atoms with van der Waals surface area (Å²) in [5.41, 5.74) is 4.61. The monoisotopic (exact) mass is 322 g/mol. The summed E-state index contributed by atoms with van der Waals surface area (Å²) in [4.78, 5) is 12.3. The normalized spacial score (nSPS) is 10.9. The van der Waals surface area contributed by atoms with Gasteiger partial charge in [0.2, 0.25) is 5.91 Å². The van der Waals surface area contributed by atoms with Crippen LogP contribution in [0.2, 0.25) is 0 Å². The van der Waals surface area contributed by atoms with Crippen LogP contribution >= 0.6 is 0 Å². The Kier molecular flexibility index (Phi) is 4.94. The lowest BCUT2D eigenvalue weighted by Crippen LogP contribution is -2.14. The summed E-state index contributed by atoms with van der Waals surface area (Å²) in [6.45, 7) is 4.19. The first kappa shape index (κ1) is 16.2. The average Bonchev–Trinajstić information content (AvgIpc) is 2.96. The van der Waals surface area contributed by atoms with Crippen molar-refractivity contribution >= 4 is 22.6 Å². The molecule has 0 radical (unpaired) electrons. The standard InChI is InChI=1S/C20H22N2O2/c1-3-4-5-15-7-9-16(10-8-15)21-20(23)13-18-17-12-14(2)6-11-19(17)24-22-18/h6-12H,3-5,13H2,1-2H3,(H,21,23). The third-order valence-electron chi connectivity index (χ3n) is 4.08. The molecule has 1 N–H and O–H groups in total. The molecule has 0 aliphatic rings. The smallest absolute Gasteiger partial charge is 0.230 e. The number of nitrogens with zero attached hydrogens (tertiary/aromatic N) is 1. The lowest BCUT2D eigenvalue weighted by atomic mass is 10.1. The summed E-state index contributed by atoms with van der Waals surface area (Å²) in [5.74, 6) is -0.0898. The molecular weight excluding hydrogens is 300 g/mol. The van der Waals surface area contributed by atoms with Crippen LogP contribution in [0.5, 0.6) is 0 Å². The molecule has 1 heterocycles. The van der Waals surface area contributed by atoms with Gasteiger partial charge in [0.05, 0.1) is 6.42 Å². The topological polar surface area (TPSA) is 55.1 Å². The fourth-order valence-corrected chi connectivity index (χ4v) is 2.72. The number of amides is 1. The van der Waals surface area contributed by atoms with Crippen LogP contribution in [0.4, 0.5) is 5.69 Å². The lowest BCUT2D eigenvalue weighted by Gasteiger charge is -2.06. The number of hydrogen-bond donors (Lipinski definition) is 1. The van der Waals surface area contributed by atoms with Gasteiger partial charge in [-0.1, -0.05) is 42.3 Å². The third-order valence-corrected chi connectivity index (χ3v) is 4.08. The van der Waals surface area contributed by atoms with Crippen molar-refractivity contribution in [3.8, 4) is 0 Å². The largest absolute Gasteiger partial charge is 0.356 e. The highest BCUT2D eigenvalue weighted by atomic mass is 16.5. The minimum absolute atomic E-state index is 0.0898. The second kappa shape index (κ2) is 7.30. The van der Waals surface area contributed by atoms with E-state index in [9.17, 15) is 4.79 Å². The molecule has 1 aromatic heterocycles. The maximum absolute atomic E-state index is 12.3. The molecule has 4 nitrogen and oxygen atoms in total. The second-order valence-corrected chi connectivity index (χ2v) is 6.15. The number of benzene rings is 2. The molecular formula is C20H22N2O2. The molecule has 0 aliphatic carbocycles. The van der Waals surface area contributed by atoms with Crippen molar-refractivity contribution in [2.75, 3.05) is 5.32 Å². The highest BCUT2D eigenvalue weighted by Crippen LogP contribution is 2.20. The zero-order valence-corrected chi connectivity index (χ0v) is 14.1. The van der Waals surface area contributed by atoms with Crippen molar-refractivity contribution in [2.24, 2.45) is 0 Å². The van der Waals surface area contributed by atoms with Crippen LogP contribution < -0.4 is 5.32 Å². The summed E-state index contributed by atoms with van der Waals surface area (Å²) in [5, 5.41) is 7.86. The van der Waals surface area contributed by atoms with E-state index in [-0.39, 0.29) is 12.3 Å². The Labute approximate surface area is 141 Å². The van der Waals surface area contributed by atoms with Crippen LogP contribution in [-0.2, 0) is 17.6 Å². The van der Waals surface area contributed by atoms with Crippen molar-refractivity contribution in [1.82, 2.24) is 5.16 Å². The fraction of sp³-hybridized carbons (Fsp3) is 0.300. The zero-order chi connectivity index (χ0) is 16.9. The number of hydrogen-bond acceptors (Lipinski definition) is 3. The van der Waals surface area contributed by atoms with Crippen molar-refractivity contribution in [3.63, 3.8) is 0 Å². The van der Waals surface area contributed by atoms with Gasteiger partial charge in [0.1, 0.15) is 5.69 Å². The van der Waals surface area contributed by atoms with Gasteiger partial charge in [0, 0.05) is 11.1 Å². The van der Waals surface area contributed by atoms with Crippen LogP contribution in [0.3, 0.4) is 0 Å². The SMILES string of the molecule is CCCCc1ccc(NC(=O)Cc2noc3ccc(C)cc23)cc1. The summed E-state index contributed by atoms with van der Waals surface area (Å²) in [6, 6.07) is 13.9. The van der Waals surface area contributed by atoms with E-state index in [4.69, 9.17) is 4.52 Å². The maximum atomic E-state index is 12.3. The molecule has 0 aliphatic heterocycles. The van der Waals surface area contributed by atoms with Crippen LogP contribution in [0, 0.1) is 6.92 Å². The second-order valence-electron chi connectivity index (χ2n) is 6.15. The van der Waals surface area contributed by atoms with Crippen LogP contribution in [-0.4, -0.2) is 11.1 Å².